The molecule has 19 heavy (non-hydrogen) atoms. The molecule has 0 spiro atoms. The van der Waals surface area contributed by atoms with Gasteiger partial charge in [-0.05, 0) is 25.0 Å². The van der Waals surface area contributed by atoms with Gasteiger partial charge in [-0.15, -0.1) is 23.4 Å². The second-order valence-electron chi connectivity index (χ2n) is 3.44. The van der Waals surface area contributed by atoms with E-state index in [0.717, 1.165) is 17.1 Å². The average molecular weight is 308 g/mol. The van der Waals surface area contributed by atoms with Crippen molar-refractivity contribution >= 4 is 29.1 Å². The van der Waals surface area contributed by atoms with E-state index >= 15 is 0 Å². The highest BCUT2D eigenvalue weighted by Gasteiger charge is 2.03. The predicted molar refractivity (Wildman–Crippen MR) is 77.9 cm³/mol. The molecule has 0 saturated carbocycles. The molecule has 0 bridgehead atoms. The van der Waals surface area contributed by atoms with Gasteiger partial charge in [0.05, 0.1) is 4.92 Å². The Kier molecular flexibility index (Phi) is 11.7. The molecule has 0 aromatic heterocycles. The molecule has 0 heterocycles. The summed E-state index contributed by atoms with van der Waals surface area (Å²) < 4.78 is 0. The van der Waals surface area contributed by atoms with Crippen molar-refractivity contribution in [1.82, 2.24) is 0 Å². The number of rotatable bonds is 7. The van der Waals surface area contributed by atoms with E-state index < -0.39 is 4.92 Å². The van der Waals surface area contributed by atoms with Gasteiger partial charge in [0.25, 0.3) is 5.69 Å². The Morgan fingerprint density at radius 2 is 1.74 bits per heavy atom. The first-order valence-corrected chi connectivity index (χ1v) is 7.32. The van der Waals surface area contributed by atoms with E-state index in [2.05, 4.69) is 0 Å². The standard InChI is InChI=1S/C9H11NO3S.C3H7ClO/c11-6-1-7-14-9-4-2-8(3-5-9)10(12)13;4-2-1-3-5/h2-5,11H,1,6-7H2;5H,1-3H2. The summed E-state index contributed by atoms with van der Waals surface area (Å²) in [4.78, 5) is 10.9. The maximum atomic E-state index is 10.3. The SMILES string of the molecule is O=[N+]([O-])c1ccc(SCCCO)cc1.OCCCCl. The van der Waals surface area contributed by atoms with Crippen molar-refractivity contribution in [3.05, 3.63) is 34.4 Å². The van der Waals surface area contributed by atoms with Gasteiger partial charge < -0.3 is 10.2 Å². The topological polar surface area (TPSA) is 83.6 Å². The number of aliphatic hydroxyl groups is 2. The number of nitro groups is 1. The summed E-state index contributed by atoms with van der Waals surface area (Å²) in [6.45, 7) is 0.392. The van der Waals surface area contributed by atoms with Crippen LogP contribution in [0.4, 0.5) is 5.69 Å². The molecule has 108 valence electrons. The number of halogens is 1. The Balaban J connectivity index is 0.000000555. The molecule has 0 aliphatic heterocycles. The van der Waals surface area contributed by atoms with Crippen molar-refractivity contribution in [2.75, 3.05) is 24.8 Å². The largest absolute Gasteiger partial charge is 0.396 e. The highest BCUT2D eigenvalue weighted by Crippen LogP contribution is 2.21. The lowest BCUT2D eigenvalue weighted by atomic mass is 10.3. The second kappa shape index (κ2) is 12.2. The summed E-state index contributed by atoms with van der Waals surface area (Å²) in [5.41, 5.74) is 0.108. The van der Waals surface area contributed by atoms with Gasteiger partial charge in [-0.1, -0.05) is 0 Å². The highest BCUT2D eigenvalue weighted by atomic mass is 35.5. The number of benzene rings is 1. The second-order valence-corrected chi connectivity index (χ2v) is 4.99. The van der Waals surface area contributed by atoms with Gasteiger partial charge in [-0.2, -0.15) is 0 Å². The normalized spacial score (nSPS) is 9.63. The van der Waals surface area contributed by atoms with E-state index in [1.54, 1.807) is 23.9 Å². The quantitative estimate of drug-likeness (QED) is 0.266. The van der Waals surface area contributed by atoms with Crippen molar-refractivity contribution < 1.29 is 15.1 Å². The summed E-state index contributed by atoms with van der Waals surface area (Å²) in [5.74, 6) is 1.39. The van der Waals surface area contributed by atoms with E-state index in [9.17, 15) is 10.1 Å². The van der Waals surface area contributed by atoms with Crippen LogP contribution >= 0.6 is 23.4 Å². The summed E-state index contributed by atoms with van der Waals surface area (Å²) >= 11 is 6.72. The number of hydrogen-bond donors (Lipinski definition) is 2. The fourth-order valence-electron chi connectivity index (χ4n) is 0.978. The molecule has 0 fully saturated rings. The molecule has 1 aromatic rings. The minimum absolute atomic E-state index is 0.108. The van der Waals surface area contributed by atoms with Crippen molar-refractivity contribution in [1.29, 1.82) is 0 Å². The molecule has 0 radical (unpaired) electrons. The molecular formula is C12H18ClNO4S. The van der Waals surface area contributed by atoms with E-state index in [0.29, 0.717) is 12.3 Å². The van der Waals surface area contributed by atoms with Crippen LogP contribution in [-0.2, 0) is 0 Å². The van der Waals surface area contributed by atoms with Crippen LogP contribution in [-0.4, -0.2) is 40.0 Å². The fraction of sp³-hybridized carbons (Fsp3) is 0.500. The molecule has 1 aromatic carbocycles. The van der Waals surface area contributed by atoms with Crippen LogP contribution in [0, 0.1) is 10.1 Å². The van der Waals surface area contributed by atoms with Gasteiger partial charge >= 0.3 is 0 Å². The van der Waals surface area contributed by atoms with E-state index in [1.807, 2.05) is 0 Å². The number of alkyl halides is 1. The smallest absolute Gasteiger partial charge is 0.269 e. The van der Waals surface area contributed by atoms with Crippen LogP contribution in [0.2, 0.25) is 0 Å². The molecule has 0 saturated heterocycles. The first-order chi connectivity index (χ1) is 9.15. The van der Waals surface area contributed by atoms with Gasteiger partial charge in [-0.25, -0.2) is 0 Å². The van der Waals surface area contributed by atoms with Crippen molar-refractivity contribution in [2.45, 2.75) is 17.7 Å². The number of nitrogens with zero attached hydrogens (tertiary/aromatic N) is 1. The van der Waals surface area contributed by atoms with Gasteiger partial charge in [0, 0.05) is 41.9 Å². The number of aliphatic hydroxyl groups excluding tert-OH is 2. The molecule has 1 rings (SSSR count). The van der Waals surface area contributed by atoms with Gasteiger partial charge in [0.15, 0.2) is 0 Å². The van der Waals surface area contributed by atoms with Crippen LogP contribution in [0.1, 0.15) is 12.8 Å². The third kappa shape index (κ3) is 9.72. The minimum Gasteiger partial charge on any atom is -0.396 e. The fourth-order valence-corrected chi connectivity index (χ4v) is 1.94. The summed E-state index contributed by atoms with van der Waals surface area (Å²) in [5, 5.41) is 26.9. The third-order valence-corrected chi connectivity index (χ3v) is 3.28. The van der Waals surface area contributed by atoms with Crippen molar-refractivity contribution in [2.24, 2.45) is 0 Å². The lowest BCUT2D eigenvalue weighted by Crippen LogP contribution is -1.88. The highest BCUT2D eigenvalue weighted by molar-refractivity contribution is 7.99. The van der Waals surface area contributed by atoms with Crippen LogP contribution in [0.25, 0.3) is 0 Å². The number of hydrogen-bond acceptors (Lipinski definition) is 5. The Bertz CT molecular complexity index is 346. The molecule has 0 unspecified atom stereocenters. The predicted octanol–water partition coefficient (Wildman–Crippen LogP) is 2.68. The minimum atomic E-state index is -0.415. The maximum absolute atomic E-state index is 10.3. The monoisotopic (exact) mass is 307 g/mol. The maximum Gasteiger partial charge on any atom is 0.269 e. The molecule has 0 aliphatic rings. The number of thioether (sulfide) groups is 1. The third-order valence-electron chi connectivity index (χ3n) is 1.91. The zero-order valence-corrected chi connectivity index (χ0v) is 12.1. The van der Waals surface area contributed by atoms with Crippen molar-refractivity contribution in [3.63, 3.8) is 0 Å². The number of nitro benzene ring substituents is 1. The van der Waals surface area contributed by atoms with Gasteiger partial charge in [0.2, 0.25) is 0 Å². The first kappa shape index (κ1) is 18.2. The van der Waals surface area contributed by atoms with Crippen LogP contribution in [0.5, 0.6) is 0 Å². The summed E-state index contributed by atoms with van der Waals surface area (Å²) in [7, 11) is 0. The Hall–Kier alpha value is -0.820. The summed E-state index contributed by atoms with van der Waals surface area (Å²) in [6, 6.07) is 6.42. The zero-order valence-electron chi connectivity index (χ0n) is 10.5. The molecule has 2 N–H and O–H groups in total. The molecular weight excluding hydrogens is 290 g/mol. The molecule has 0 amide bonds. The lowest BCUT2D eigenvalue weighted by Gasteiger charge is -1.99. The van der Waals surface area contributed by atoms with Crippen LogP contribution < -0.4 is 0 Å². The van der Waals surface area contributed by atoms with Gasteiger partial charge in [-0.3, -0.25) is 10.1 Å². The van der Waals surface area contributed by atoms with Crippen molar-refractivity contribution in [3.8, 4) is 0 Å². The first-order valence-electron chi connectivity index (χ1n) is 5.80. The zero-order chi connectivity index (χ0) is 14.5. The van der Waals surface area contributed by atoms with E-state index in [4.69, 9.17) is 21.8 Å². The molecule has 5 nitrogen and oxygen atoms in total. The lowest BCUT2D eigenvalue weighted by molar-refractivity contribution is -0.384. The Morgan fingerprint density at radius 3 is 2.11 bits per heavy atom. The molecule has 0 aliphatic carbocycles. The van der Waals surface area contributed by atoms with E-state index in [1.165, 1.54) is 12.1 Å². The van der Waals surface area contributed by atoms with Gasteiger partial charge in [0.1, 0.15) is 0 Å². The van der Waals surface area contributed by atoms with E-state index in [-0.39, 0.29) is 18.9 Å². The van der Waals surface area contributed by atoms with Crippen LogP contribution in [0.15, 0.2) is 29.2 Å². The molecule has 0 atom stereocenters. The molecule has 7 heteroatoms. The summed E-state index contributed by atoms with van der Waals surface area (Å²) in [6.07, 6.45) is 1.45. The Morgan fingerprint density at radius 1 is 1.16 bits per heavy atom. The average Bonchev–Trinajstić information content (AvgIpc) is 2.41. The number of non-ortho nitro benzene ring substituents is 1. The van der Waals surface area contributed by atoms with Crippen LogP contribution in [0.3, 0.4) is 0 Å². The Labute approximate surface area is 121 Å².